The summed E-state index contributed by atoms with van der Waals surface area (Å²) in [6.45, 7) is 4.44. The van der Waals surface area contributed by atoms with Crippen molar-refractivity contribution >= 4 is 5.91 Å². The second kappa shape index (κ2) is 3.86. The minimum atomic E-state index is -0.0442. The van der Waals surface area contributed by atoms with Crippen LogP contribution >= 0.6 is 0 Å². The molecule has 1 heterocycles. The summed E-state index contributed by atoms with van der Waals surface area (Å²) in [4.78, 5) is 13.3. The summed E-state index contributed by atoms with van der Waals surface area (Å²) >= 11 is 0. The van der Waals surface area contributed by atoms with Gasteiger partial charge >= 0.3 is 0 Å². The van der Waals surface area contributed by atoms with E-state index in [-0.39, 0.29) is 5.91 Å². The van der Waals surface area contributed by atoms with Gasteiger partial charge in [0.25, 0.3) is 5.91 Å². The maximum Gasteiger partial charge on any atom is 0.298 e. The predicted octanol–water partition coefficient (Wildman–Crippen LogP) is 0.895. The molecule has 0 aromatic heterocycles. The first-order chi connectivity index (χ1) is 7.15. The SMILES string of the molecule is COCC#CC(=O)N1CC2(CC(C)C2)C1. The van der Waals surface area contributed by atoms with Crippen molar-refractivity contribution < 1.29 is 9.53 Å². The molecule has 15 heavy (non-hydrogen) atoms. The van der Waals surface area contributed by atoms with Crippen molar-refractivity contribution in [1.82, 2.24) is 4.90 Å². The first kappa shape index (κ1) is 10.5. The van der Waals surface area contributed by atoms with Gasteiger partial charge in [-0.05, 0) is 24.7 Å². The van der Waals surface area contributed by atoms with Crippen LogP contribution in [0.2, 0.25) is 0 Å². The first-order valence-electron chi connectivity index (χ1n) is 5.42. The number of carbonyl (C=O) groups is 1. The molecule has 0 radical (unpaired) electrons. The number of nitrogens with zero attached hydrogens (tertiary/aromatic N) is 1. The maximum absolute atomic E-state index is 11.5. The molecule has 3 heteroatoms. The number of likely N-dealkylation sites (tertiary alicyclic amines) is 1. The van der Waals surface area contributed by atoms with Gasteiger partial charge in [-0.1, -0.05) is 12.8 Å². The average molecular weight is 207 g/mol. The molecule has 1 spiro atoms. The third-order valence-electron chi connectivity index (χ3n) is 3.31. The second-order valence-electron chi connectivity index (χ2n) is 4.91. The van der Waals surface area contributed by atoms with E-state index < -0.39 is 0 Å². The minimum Gasteiger partial charge on any atom is -0.372 e. The van der Waals surface area contributed by atoms with Crippen LogP contribution in [0.15, 0.2) is 0 Å². The number of rotatable bonds is 1. The van der Waals surface area contributed by atoms with Crippen LogP contribution in [0.5, 0.6) is 0 Å². The van der Waals surface area contributed by atoms with Crippen molar-refractivity contribution in [3.8, 4) is 11.8 Å². The topological polar surface area (TPSA) is 29.5 Å². The van der Waals surface area contributed by atoms with Gasteiger partial charge in [0.2, 0.25) is 0 Å². The third kappa shape index (κ3) is 2.00. The van der Waals surface area contributed by atoms with Gasteiger partial charge in [-0.25, -0.2) is 0 Å². The molecule has 0 unspecified atom stereocenters. The summed E-state index contributed by atoms with van der Waals surface area (Å²) in [7, 11) is 1.58. The van der Waals surface area contributed by atoms with Crippen LogP contribution in [-0.2, 0) is 9.53 Å². The summed E-state index contributed by atoms with van der Waals surface area (Å²) in [5.74, 6) is 6.09. The molecule has 1 saturated heterocycles. The van der Waals surface area contributed by atoms with Crippen molar-refractivity contribution in [2.75, 3.05) is 26.8 Å². The lowest BCUT2D eigenvalue weighted by molar-refractivity contribution is -0.147. The smallest absolute Gasteiger partial charge is 0.298 e. The standard InChI is InChI=1S/C12H17NO2/c1-10-6-12(7-10)8-13(9-12)11(14)4-3-5-15-2/h10H,5-9H2,1-2H3. The molecule has 0 N–H and O–H groups in total. The highest BCUT2D eigenvalue weighted by atomic mass is 16.5. The Morgan fingerprint density at radius 1 is 1.53 bits per heavy atom. The molecule has 1 amide bonds. The molecule has 0 aromatic carbocycles. The van der Waals surface area contributed by atoms with Gasteiger partial charge in [0.1, 0.15) is 6.61 Å². The Kier molecular flexibility index (Phi) is 2.70. The van der Waals surface area contributed by atoms with E-state index in [9.17, 15) is 4.79 Å². The fraction of sp³-hybridized carbons (Fsp3) is 0.750. The molecule has 82 valence electrons. The lowest BCUT2D eigenvalue weighted by atomic mass is 9.58. The normalized spacial score (nSPS) is 22.7. The highest BCUT2D eigenvalue weighted by molar-refractivity contribution is 5.94. The van der Waals surface area contributed by atoms with Crippen LogP contribution in [0.1, 0.15) is 19.8 Å². The van der Waals surface area contributed by atoms with E-state index in [1.54, 1.807) is 7.11 Å². The molecule has 2 aliphatic rings. The lowest BCUT2D eigenvalue weighted by Crippen LogP contribution is -2.63. The number of hydrogen-bond acceptors (Lipinski definition) is 2. The van der Waals surface area contributed by atoms with Gasteiger partial charge in [0.05, 0.1) is 0 Å². The van der Waals surface area contributed by atoms with E-state index in [1.165, 1.54) is 12.8 Å². The fourth-order valence-corrected chi connectivity index (χ4v) is 2.85. The van der Waals surface area contributed by atoms with E-state index >= 15 is 0 Å². The minimum absolute atomic E-state index is 0.0442. The van der Waals surface area contributed by atoms with Crippen molar-refractivity contribution in [2.24, 2.45) is 11.3 Å². The molecule has 1 aliphatic heterocycles. The molecule has 0 aromatic rings. The van der Waals surface area contributed by atoms with Crippen LogP contribution in [0.4, 0.5) is 0 Å². The van der Waals surface area contributed by atoms with Gasteiger partial charge in [0, 0.05) is 25.6 Å². The fourth-order valence-electron chi connectivity index (χ4n) is 2.85. The summed E-state index contributed by atoms with van der Waals surface area (Å²) in [5.41, 5.74) is 0.470. The third-order valence-corrected chi connectivity index (χ3v) is 3.31. The molecule has 0 atom stereocenters. The summed E-state index contributed by atoms with van der Waals surface area (Å²) in [6, 6.07) is 0. The quantitative estimate of drug-likeness (QED) is 0.598. The summed E-state index contributed by atoms with van der Waals surface area (Å²) in [5, 5.41) is 0. The highest BCUT2D eigenvalue weighted by Gasteiger charge is 2.51. The van der Waals surface area contributed by atoms with Gasteiger partial charge in [0.15, 0.2) is 0 Å². The van der Waals surface area contributed by atoms with Crippen molar-refractivity contribution in [3.05, 3.63) is 0 Å². The van der Waals surface area contributed by atoms with Crippen molar-refractivity contribution in [1.29, 1.82) is 0 Å². The van der Waals surface area contributed by atoms with E-state index in [0.29, 0.717) is 12.0 Å². The summed E-state index contributed by atoms with van der Waals surface area (Å²) < 4.78 is 4.77. The van der Waals surface area contributed by atoms with Crippen LogP contribution < -0.4 is 0 Å². The van der Waals surface area contributed by atoms with E-state index in [1.807, 2.05) is 4.90 Å². The zero-order valence-electron chi connectivity index (χ0n) is 9.38. The van der Waals surface area contributed by atoms with E-state index in [2.05, 4.69) is 18.8 Å². The summed E-state index contributed by atoms with van der Waals surface area (Å²) in [6.07, 6.45) is 2.56. The highest BCUT2D eigenvalue weighted by Crippen LogP contribution is 2.51. The van der Waals surface area contributed by atoms with Crippen LogP contribution in [0, 0.1) is 23.2 Å². The number of amides is 1. The van der Waals surface area contributed by atoms with Crippen LogP contribution in [-0.4, -0.2) is 37.6 Å². The number of ether oxygens (including phenoxy) is 1. The van der Waals surface area contributed by atoms with Crippen molar-refractivity contribution in [3.63, 3.8) is 0 Å². The van der Waals surface area contributed by atoms with E-state index in [4.69, 9.17) is 4.74 Å². The molecular weight excluding hydrogens is 190 g/mol. The Morgan fingerprint density at radius 2 is 2.20 bits per heavy atom. The largest absolute Gasteiger partial charge is 0.372 e. The molecule has 0 bridgehead atoms. The maximum atomic E-state index is 11.5. The average Bonchev–Trinajstić information content (AvgIpc) is 2.09. The Balaban J connectivity index is 1.75. The zero-order chi connectivity index (χ0) is 10.9. The zero-order valence-corrected chi connectivity index (χ0v) is 9.38. The molecule has 3 nitrogen and oxygen atoms in total. The van der Waals surface area contributed by atoms with Gasteiger partial charge < -0.3 is 9.64 Å². The van der Waals surface area contributed by atoms with Crippen molar-refractivity contribution in [2.45, 2.75) is 19.8 Å². The molecule has 2 rings (SSSR count). The Labute approximate surface area is 90.8 Å². The molecule has 2 fully saturated rings. The van der Waals surface area contributed by atoms with Crippen LogP contribution in [0.3, 0.4) is 0 Å². The monoisotopic (exact) mass is 207 g/mol. The van der Waals surface area contributed by atoms with Gasteiger partial charge in [-0.3, -0.25) is 4.79 Å². The Morgan fingerprint density at radius 3 is 2.73 bits per heavy atom. The first-order valence-corrected chi connectivity index (χ1v) is 5.42. The van der Waals surface area contributed by atoms with Crippen LogP contribution in [0.25, 0.3) is 0 Å². The second-order valence-corrected chi connectivity index (χ2v) is 4.91. The lowest BCUT2D eigenvalue weighted by Gasteiger charge is -2.58. The molecule has 1 saturated carbocycles. The molecule has 1 aliphatic carbocycles. The van der Waals surface area contributed by atoms with Gasteiger partial charge in [-0.15, -0.1) is 0 Å². The Hall–Kier alpha value is -1.01. The van der Waals surface area contributed by atoms with Gasteiger partial charge in [-0.2, -0.15) is 0 Å². The number of hydrogen-bond donors (Lipinski definition) is 0. The predicted molar refractivity (Wildman–Crippen MR) is 57.1 cm³/mol. The Bertz CT molecular complexity index is 312. The molecular formula is C12H17NO2. The number of carbonyl (C=O) groups excluding carboxylic acids is 1. The number of methoxy groups -OCH3 is 1. The van der Waals surface area contributed by atoms with E-state index in [0.717, 1.165) is 19.0 Å².